The number of aromatic nitrogens is 2. The van der Waals surface area contributed by atoms with Gasteiger partial charge in [0.15, 0.2) is 0 Å². The van der Waals surface area contributed by atoms with E-state index in [1.54, 1.807) is 12.4 Å². The standard InChI is InChI=1S/C8H11N3/c1-3-5-9-7(2)8-4-6-10-11-8/h3-6H,1-2H3,(H,10,11)/b5-3-,9-7?. The molecule has 3 nitrogen and oxygen atoms in total. The van der Waals surface area contributed by atoms with Crippen molar-refractivity contribution < 1.29 is 0 Å². The molecule has 0 aliphatic carbocycles. The molecule has 0 amide bonds. The van der Waals surface area contributed by atoms with E-state index in [0.717, 1.165) is 11.4 Å². The number of hydrogen-bond donors (Lipinski definition) is 1. The first kappa shape index (κ1) is 7.72. The van der Waals surface area contributed by atoms with Crippen LogP contribution in [-0.2, 0) is 0 Å². The van der Waals surface area contributed by atoms with Gasteiger partial charge < -0.3 is 0 Å². The quantitative estimate of drug-likeness (QED) is 0.639. The summed E-state index contributed by atoms with van der Waals surface area (Å²) in [4.78, 5) is 4.15. The molecule has 0 aliphatic rings. The van der Waals surface area contributed by atoms with E-state index in [-0.39, 0.29) is 0 Å². The molecule has 58 valence electrons. The Balaban J connectivity index is 2.77. The Hall–Kier alpha value is -1.38. The van der Waals surface area contributed by atoms with E-state index >= 15 is 0 Å². The summed E-state index contributed by atoms with van der Waals surface area (Å²) in [7, 11) is 0. The van der Waals surface area contributed by atoms with Gasteiger partial charge in [-0.2, -0.15) is 5.10 Å². The molecule has 1 heterocycles. The summed E-state index contributed by atoms with van der Waals surface area (Å²) in [5.41, 5.74) is 1.91. The number of nitrogens with zero attached hydrogens (tertiary/aromatic N) is 2. The lowest BCUT2D eigenvalue weighted by Crippen LogP contribution is -1.93. The predicted molar refractivity (Wildman–Crippen MR) is 45.6 cm³/mol. The molecule has 1 aromatic heterocycles. The van der Waals surface area contributed by atoms with Crippen LogP contribution in [0.25, 0.3) is 0 Å². The molecule has 0 bridgehead atoms. The Morgan fingerprint density at radius 3 is 3.09 bits per heavy atom. The fraction of sp³-hybridized carbons (Fsp3) is 0.250. The summed E-state index contributed by atoms with van der Waals surface area (Å²) >= 11 is 0. The number of allylic oxidation sites excluding steroid dienone is 1. The third-order valence-electron chi connectivity index (χ3n) is 1.31. The van der Waals surface area contributed by atoms with E-state index < -0.39 is 0 Å². The van der Waals surface area contributed by atoms with E-state index in [1.807, 2.05) is 26.0 Å². The zero-order valence-corrected chi connectivity index (χ0v) is 6.70. The van der Waals surface area contributed by atoms with Crippen molar-refractivity contribution in [2.24, 2.45) is 4.99 Å². The van der Waals surface area contributed by atoms with Gasteiger partial charge in [0.1, 0.15) is 0 Å². The second-order valence-corrected chi connectivity index (χ2v) is 2.17. The van der Waals surface area contributed by atoms with E-state index in [4.69, 9.17) is 0 Å². The number of hydrogen-bond acceptors (Lipinski definition) is 2. The molecule has 0 radical (unpaired) electrons. The van der Waals surface area contributed by atoms with Gasteiger partial charge in [0.25, 0.3) is 0 Å². The van der Waals surface area contributed by atoms with Crippen molar-refractivity contribution in [1.29, 1.82) is 0 Å². The summed E-state index contributed by atoms with van der Waals surface area (Å²) in [5.74, 6) is 0. The maximum absolute atomic E-state index is 4.15. The lowest BCUT2D eigenvalue weighted by atomic mass is 10.3. The summed E-state index contributed by atoms with van der Waals surface area (Å²) in [5, 5.41) is 6.65. The van der Waals surface area contributed by atoms with Gasteiger partial charge >= 0.3 is 0 Å². The van der Waals surface area contributed by atoms with Crippen LogP contribution in [0.2, 0.25) is 0 Å². The molecule has 1 N–H and O–H groups in total. The molecule has 1 aromatic rings. The van der Waals surface area contributed by atoms with Crippen molar-refractivity contribution in [2.45, 2.75) is 13.8 Å². The Labute approximate surface area is 65.9 Å². The Bertz CT molecular complexity index is 257. The molecular weight excluding hydrogens is 138 g/mol. The van der Waals surface area contributed by atoms with Crippen LogP contribution in [0.4, 0.5) is 0 Å². The van der Waals surface area contributed by atoms with Gasteiger partial charge in [0.05, 0.1) is 11.4 Å². The second kappa shape index (κ2) is 3.71. The van der Waals surface area contributed by atoms with Crippen LogP contribution < -0.4 is 0 Å². The van der Waals surface area contributed by atoms with Crippen LogP contribution in [0.15, 0.2) is 29.5 Å². The average Bonchev–Trinajstić information content (AvgIpc) is 2.52. The average molecular weight is 149 g/mol. The maximum atomic E-state index is 4.15. The molecule has 0 fully saturated rings. The van der Waals surface area contributed by atoms with E-state index in [2.05, 4.69) is 15.2 Å². The van der Waals surface area contributed by atoms with Crippen molar-refractivity contribution >= 4 is 5.71 Å². The van der Waals surface area contributed by atoms with Crippen LogP contribution in [0, 0.1) is 0 Å². The van der Waals surface area contributed by atoms with E-state index in [9.17, 15) is 0 Å². The Morgan fingerprint density at radius 1 is 1.73 bits per heavy atom. The molecule has 0 spiro atoms. The van der Waals surface area contributed by atoms with Crippen molar-refractivity contribution in [3.05, 3.63) is 30.2 Å². The lowest BCUT2D eigenvalue weighted by molar-refractivity contribution is 1.08. The molecule has 3 heteroatoms. The van der Waals surface area contributed by atoms with Crippen LogP contribution in [0.3, 0.4) is 0 Å². The molecule has 1 rings (SSSR count). The van der Waals surface area contributed by atoms with E-state index in [1.165, 1.54) is 0 Å². The summed E-state index contributed by atoms with van der Waals surface area (Å²) in [6, 6.07) is 1.89. The highest BCUT2D eigenvalue weighted by Gasteiger charge is 1.94. The molecule has 0 aliphatic heterocycles. The van der Waals surface area contributed by atoms with Gasteiger partial charge in [-0.25, -0.2) is 0 Å². The fourth-order valence-corrected chi connectivity index (χ4v) is 0.713. The third-order valence-corrected chi connectivity index (χ3v) is 1.31. The molecule has 0 saturated carbocycles. The van der Waals surface area contributed by atoms with Crippen LogP contribution in [0.1, 0.15) is 19.5 Å². The van der Waals surface area contributed by atoms with Crippen LogP contribution in [0.5, 0.6) is 0 Å². The minimum Gasteiger partial charge on any atom is -0.277 e. The predicted octanol–water partition coefficient (Wildman–Crippen LogP) is 1.75. The van der Waals surface area contributed by atoms with Gasteiger partial charge in [-0.3, -0.25) is 10.1 Å². The highest BCUT2D eigenvalue weighted by molar-refractivity contribution is 5.97. The Morgan fingerprint density at radius 2 is 2.55 bits per heavy atom. The van der Waals surface area contributed by atoms with Crippen molar-refractivity contribution in [1.82, 2.24) is 10.2 Å². The highest BCUT2D eigenvalue weighted by Crippen LogP contribution is 1.94. The summed E-state index contributed by atoms with van der Waals surface area (Å²) in [6.45, 7) is 3.87. The molecule has 11 heavy (non-hydrogen) atoms. The molecule has 0 atom stereocenters. The normalized spacial score (nSPS) is 12.7. The minimum atomic E-state index is 0.945. The zero-order valence-electron chi connectivity index (χ0n) is 6.70. The number of H-pyrrole nitrogens is 1. The SMILES string of the molecule is C/C=C\N=C(C)c1ccn[nH]1. The van der Waals surface area contributed by atoms with Crippen LogP contribution >= 0.6 is 0 Å². The number of aromatic amines is 1. The molecule has 0 saturated heterocycles. The molecule has 0 unspecified atom stereocenters. The molecule has 0 aromatic carbocycles. The van der Waals surface area contributed by atoms with E-state index in [0.29, 0.717) is 0 Å². The topological polar surface area (TPSA) is 41.0 Å². The van der Waals surface area contributed by atoms with Crippen LogP contribution in [-0.4, -0.2) is 15.9 Å². The van der Waals surface area contributed by atoms with Crippen molar-refractivity contribution in [3.8, 4) is 0 Å². The third kappa shape index (κ3) is 2.04. The smallest absolute Gasteiger partial charge is 0.0789 e. The van der Waals surface area contributed by atoms with Gasteiger partial charge in [-0.1, -0.05) is 6.08 Å². The first-order chi connectivity index (χ1) is 5.34. The van der Waals surface area contributed by atoms with Gasteiger partial charge in [0.2, 0.25) is 0 Å². The van der Waals surface area contributed by atoms with Gasteiger partial charge in [0, 0.05) is 12.4 Å². The lowest BCUT2D eigenvalue weighted by Gasteiger charge is -1.90. The number of rotatable bonds is 2. The zero-order chi connectivity index (χ0) is 8.10. The first-order valence-corrected chi connectivity index (χ1v) is 3.50. The largest absolute Gasteiger partial charge is 0.277 e. The van der Waals surface area contributed by atoms with Crippen molar-refractivity contribution in [2.75, 3.05) is 0 Å². The number of aliphatic imine (C=N–C) groups is 1. The first-order valence-electron chi connectivity index (χ1n) is 3.50. The summed E-state index contributed by atoms with van der Waals surface area (Å²) < 4.78 is 0. The Kier molecular flexibility index (Phi) is 2.60. The maximum Gasteiger partial charge on any atom is 0.0789 e. The van der Waals surface area contributed by atoms with Gasteiger partial charge in [-0.15, -0.1) is 0 Å². The number of nitrogens with one attached hydrogen (secondary N) is 1. The van der Waals surface area contributed by atoms with Crippen molar-refractivity contribution in [3.63, 3.8) is 0 Å². The van der Waals surface area contributed by atoms with Gasteiger partial charge in [-0.05, 0) is 19.9 Å². The fourth-order valence-electron chi connectivity index (χ4n) is 0.713. The highest BCUT2D eigenvalue weighted by atomic mass is 15.1. The second-order valence-electron chi connectivity index (χ2n) is 2.17. The minimum absolute atomic E-state index is 0.945. The monoisotopic (exact) mass is 149 g/mol. The summed E-state index contributed by atoms with van der Waals surface area (Å²) in [6.07, 6.45) is 5.36. The molecular formula is C8H11N3.